The van der Waals surface area contributed by atoms with Crippen molar-refractivity contribution >= 4 is 17.7 Å². The molecule has 0 radical (unpaired) electrons. The fourth-order valence-electron chi connectivity index (χ4n) is 1.40. The van der Waals surface area contributed by atoms with E-state index in [1.807, 2.05) is 6.92 Å². The topological polar surface area (TPSA) is 76.2 Å². The number of thioether (sulfide) groups is 1. The van der Waals surface area contributed by atoms with E-state index in [1.165, 1.54) is 11.8 Å². The average Bonchev–Trinajstić information content (AvgIpc) is 2.84. The standard InChI is InChI=1S/C12H12N2O3S/c1-2-10-13-14-11(17-10)7-18-9-6-4-3-5-8(9)12(15)16/h3-6H,2,7H2,1H3,(H,15,16). The molecule has 0 atom stereocenters. The molecule has 1 aromatic carbocycles. The normalized spacial score (nSPS) is 10.5. The van der Waals surface area contributed by atoms with E-state index < -0.39 is 5.97 Å². The summed E-state index contributed by atoms with van der Waals surface area (Å²) in [6, 6.07) is 6.86. The molecule has 94 valence electrons. The Labute approximate surface area is 108 Å². The van der Waals surface area contributed by atoms with Gasteiger partial charge in [-0.1, -0.05) is 19.1 Å². The molecule has 1 aromatic heterocycles. The zero-order valence-corrected chi connectivity index (χ0v) is 10.6. The van der Waals surface area contributed by atoms with Crippen molar-refractivity contribution in [2.45, 2.75) is 24.0 Å². The van der Waals surface area contributed by atoms with Crippen LogP contribution in [0, 0.1) is 0 Å². The van der Waals surface area contributed by atoms with Crippen molar-refractivity contribution in [2.24, 2.45) is 0 Å². The Morgan fingerprint density at radius 2 is 2.06 bits per heavy atom. The highest BCUT2D eigenvalue weighted by molar-refractivity contribution is 7.98. The second-order valence-corrected chi connectivity index (χ2v) is 4.55. The SMILES string of the molecule is CCc1nnc(CSc2ccccc2C(=O)O)o1. The van der Waals surface area contributed by atoms with Crippen LogP contribution in [0.15, 0.2) is 33.6 Å². The van der Waals surface area contributed by atoms with Gasteiger partial charge in [0, 0.05) is 11.3 Å². The number of benzene rings is 1. The van der Waals surface area contributed by atoms with Gasteiger partial charge < -0.3 is 9.52 Å². The maximum absolute atomic E-state index is 11.0. The van der Waals surface area contributed by atoms with Crippen molar-refractivity contribution in [1.29, 1.82) is 0 Å². The summed E-state index contributed by atoms with van der Waals surface area (Å²) < 4.78 is 5.36. The minimum absolute atomic E-state index is 0.290. The molecular formula is C12H12N2O3S. The number of rotatable bonds is 5. The summed E-state index contributed by atoms with van der Waals surface area (Å²) >= 11 is 1.38. The molecule has 0 fully saturated rings. The molecule has 0 amide bonds. The first kappa shape index (κ1) is 12.6. The maximum Gasteiger partial charge on any atom is 0.336 e. The third-order valence-electron chi connectivity index (χ3n) is 2.28. The van der Waals surface area contributed by atoms with Gasteiger partial charge in [0.25, 0.3) is 0 Å². The Morgan fingerprint density at radius 3 is 2.72 bits per heavy atom. The fourth-order valence-corrected chi connectivity index (χ4v) is 2.28. The average molecular weight is 264 g/mol. The van der Waals surface area contributed by atoms with Gasteiger partial charge in [0.1, 0.15) is 0 Å². The largest absolute Gasteiger partial charge is 0.478 e. The van der Waals surface area contributed by atoms with Crippen molar-refractivity contribution in [3.8, 4) is 0 Å². The molecule has 1 heterocycles. The molecule has 5 nitrogen and oxygen atoms in total. The first-order valence-corrected chi connectivity index (χ1v) is 6.45. The molecule has 0 unspecified atom stereocenters. The van der Waals surface area contributed by atoms with E-state index in [0.29, 0.717) is 28.9 Å². The van der Waals surface area contributed by atoms with Crippen LogP contribution in [0.3, 0.4) is 0 Å². The zero-order valence-electron chi connectivity index (χ0n) is 9.79. The Kier molecular flexibility index (Phi) is 3.99. The first-order valence-electron chi connectivity index (χ1n) is 5.47. The molecule has 0 saturated heterocycles. The predicted molar refractivity (Wildman–Crippen MR) is 66.6 cm³/mol. The van der Waals surface area contributed by atoms with Gasteiger partial charge in [-0.2, -0.15) is 0 Å². The second-order valence-electron chi connectivity index (χ2n) is 3.53. The molecule has 1 N–H and O–H groups in total. The van der Waals surface area contributed by atoms with Gasteiger partial charge in [0.2, 0.25) is 11.8 Å². The Hall–Kier alpha value is -1.82. The summed E-state index contributed by atoms with van der Waals surface area (Å²) in [5.74, 6) is 0.643. The van der Waals surface area contributed by atoms with Crippen LogP contribution in [0.2, 0.25) is 0 Å². The Balaban J connectivity index is 2.08. The molecule has 0 aliphatic carbocycles. The van der Waals surface area contributed by atoms with Crippen LogP contribution in [-0.4, -0.2) is 21.3 Å². The zero-order chi connectivity index (χ0) is 13.0. The third-order valence-corrected chi connectivity index (χ3v) is 3.34. The highest BCUT2D eigenvalue weighted by Crippen LogP contribution is 2.25. The van der Waals surface area contributed by atoms with Crippen molar-refractivity contribution in [1.82, 2.24) is 10.2 Å². The van der Waals surface area contributed by atoms with E-state index in [-0.39, 0.29) is 5.56 Å². The van der Waals surface area contributed by atoms with Gasteiger partial charge in [0.15, 0.2) is 0 Å². The van der Waals surface area contributed by atoms with Gasteiger partial charge in [-0.3, -0.25) is 0 Å². The second kappa shape index (κ2) is 5.68. The third kappa shape index (κ3) is 2.89. The fraction of sp³-hybridized carbons (Fsp3) is 0.250. The number of nitrogens with zero attached hydrogens (tertiary/aromatic N) is 2. The lowest BCUT2D eigenvalue weighted by molar-refractivity contribution is 0.0693. The molecule has 6 heteroatoms. The monoisotopic (exact) mass is 264 g/mol. The smallest absolute Gasteiger partial charge is 0.336 e. The molecule has 0 bridgehead atoms. The van der Waals surface area contributed by atoms with Gasteiger partial charge >= 0.3 is 5.97 Å². The molecule has 0 spiro atoms. The summed E-state index contributed by atoms with van der Waals surface area (Å²) in [6.07, 6.45) is 0.698. The summed E-state index contributed by atoms with van der Waals surface area (Å²) in [4.78, 5) is 11.7. The van der Waals surface area contributed by atoms with Gasteiger partial charge in [-0.25, -0.2) is 4.79 Å². The lowest BCUT2D eigenvalue weighted by atomic mass is 10.2. The molecule has 0 saturated carbocycles. The lowest BCUT2D eigenvalue weighted by Crippen LogP contribution is -1.98. The van der Waals surface area contributed by atoms with Crippen LogP contribution in [0.4, 0.5) is 0 Å². The van der Waals surface area contributed by atoms with Crippen LogP contribution in [0.5, 0.6) is 0 Å². The van der Waals surface area contributed by atoms with E-state index in [4.69, 9.17) is 9.52 Å². The number of carbonyl (C=O) groups is 1. The molecule has 0 aliphatic rings. The number of aromatic nitrogens is 2. The molecular weight excluding hydrogens is 252 g/mol. The van der Waals surface area contributed by atoms with Crippen LogP contribution in [0.25, 0.3) is 0 Å². The molecule has 18 heavy (non-hydrogen) atoms. The van der Waals surface area contributed by atoms with Crippen molar-refractivity contribution in [2.75, 3.05) is 0 Å². The summed E-state index contributed by atoms with van der Waals surface area (Å²) in [5, 5.41) is 16.8. The van der Waals surface area contributed by atoms with Crippen molar-refractivity contribution in [3.05, 3.63) is 41.6 Å². The molecule has 0 aliphatic heterocycles. The molecule has 2 aromatic rings. The van der Waals surface area contributed by atoms with Crippen molar-refractivity contribution < 1.29 is 14.3 Å². The van der Waals surface area contributed by atoms with Crippen LogP contribution < -0.4 is 0 Å². The minimum atomic E-state index is -0.933. The van der Waals surface area contributed by atoms with Gasteiger partial charge in [0.05, 0.1) is 11.3 Å². The summed E-state index contributed by atoms with van der Waals surface area (Å²) in [5.41, 5.74) is 0.290. The van der Waals surface area contributed by atoms with Crippen LogP contribution in [-0.2, 0) is 12.2 Å². The quantitative estimate of drug-likeness (QED) is 0.836. The summed E-state index contributed by atoms with van der Waals surface area (Å²) in [7, 11) is 0. The lowest BCUT2D eigenvalue weighted by Gasteiger charge is -2.02. The van der Waals surface area contributed by atoms with Gasteiger partial charge in [-0.05, 0) is 12.1 Å². The maximum atomic E-state index is 11.0. The number of hydrogen-bond donors (Lipinski definition) is 1. The van der Waals surface area contributed by atoms with Crippen molar-refractivity contribution in [3.63, 3.8) is 0 Å². The highest BCUT2D eigenvalue weighted by Gasteiger charge is 2.11. The van der Waals surface area contributed by atoms with Gasteiger partial charge in [-0.15, -0.1) is 22.0 Å². The van der Waals surface area contributed by atoms with E-state index in [0.717, 1.165) is 0 Å². The van der Waals surface area contributed by atoms with E-state index in [1.54, 1.807) is 24.3 Å². The Bertz CT molecular complexity index is 554. The van der Waals surface area contributed by atoms with E-state index >= 15 is 0 Å². The number of aryl methyl sites for hydroxylation is 1. The van der Waals surface area contributed by atoms with E-state index in [9.17, 15) is 4.79 Å². The molecule has 2 rings (SSSR count). The predicted octanol–water partition coefficient (Wildman–Crippen LogP) is 2.62. The number of hydrogen-bond acceptors (Lipinski definition) is 5. The minimum Gasteiger partial charge on any atom is -0.478 e. The Morgan fingerprint density at radius 1 is 1.33 bits per heavy atom. The number of carboxylic acid groups (broad SMARTS) is 1. The number of carboxylic acids is 1. The van der Waals surface area contributed by atoms with E-state index in [2.05, 4.69) is 10.2 Å². The first-order chi connectivity index (χ1) is 8.70. The number of aromatic carboxylic acids is 1. The van der Waals surface area contributed by atoms with Crippen LogP contribution in [0.1, 0.15) is 29.1 Å². The van der Waals surface area contributed by atoms with Crippen LogP contribution >= 0.6 is 11.8 Å². The summed E-state index contributed by atoms with van der Waals surface area (Å²) in [6.45, 7) is 1.93. The highest BCUT2D eigenvalue weighted by atomic mass is 32.2.